The maximum absolute atomic E-state index is 12.2. The van der Waals surface area contributed by atoms with Crippen LogP contribution in [0.15, 0.2) is 0 Å². The third-order valence-electron chi connectivity index (χ3n) is 4.83. The van der Waals surface area contributed by atoms with Gasteiger partial charge in [-0.1, -0.05) is 32.1 Å². The van der Waals surface area contributed by atoms with Crippen LogP contribution in [0.2, 0.25) is 0 Å². The molecule has 1 amide bonds. The number of rotatable bonds is 4. The summed E-state index contributed by atoms with van der Waals surface area (Å²) in [6.07, 6.45) is 10.2. The Morgan fingerprint density at radius 1 is 1.38 bits per heavy atom. The molecule has 0 aromatic carbocycles. The van der Waals surface area contributed by atoms with Crippen LogP contribution in [0.4, 0.5) is 4.79 Å². The average molecular weight is 293 g/mol. The standard InChI is InChI=1S/C16H27N3O2/c1-13(10-14-6-4-3-5-7-14)21-16(20)18(2)15-8-9-19(11-15)12-17/h13-15H,3-11H2,1-2H3/t13-,15+/m0/s1. The maximum Gasteiger partial charge on any atom is 0.410 e. The molecular formula is C16H27N3O2. The second-order valence-corrected chi connectivity index (χ2v) is 6.53. The number of likely N-dealkylation sites (tertiary alicyclic amines) is 1. The van der Waals surface area contributed by atoms with Gasteiger partial charge in [-0.25, -0.2) is 4.79 Å². The second kappa shape index (κ2) is 7.53. The summed E-state index contributed by atoms with van der Waals surface area (Å²) in [5, 5.41) is 8.87. The van der Waals surface area contributed by atoms with Gasteiger partial charge >= 0.3 is 6.09 Å². The van der Waals surface area contributed by atoms with E-state index < -0.39 is 0 Å². The van der Waals surface area contributed by atoms with Crippen LogP contribution >= 0.6 is 0 Å². The van der Waals surface area contributed by atoms with Crippen molar-refractivity contribution in [2.24, 2.45) is 5.92 Å². The average Bonchev–Trinajstić information content (AvgIpc) is 2.96. The molecule has 1 saturated carbocycles. The number of carbonyl (C=O) groups excluding carboxylic acids is 1. The van der Waals surface area contributed by atoms with E-state index in [1.54, 1.807) is 16.8 Å². The quantitative estimate of drug-likeness (QED) is 0.748. The molecule has 2 fully saturated rings. The second-order valence-electron chi connectivity index (χ2n) is 6.53. The van der Waals surface area contributed by atoms with Gasteiger partial charge in [0.1, 0.15) is 6.10 Å². The Bertz CT molecular complexity index is 387. The van der Waals surface area contributed by atoms with Crippen molar-refractivity contribution in [2.75, 3.05) is 20.1 Å². The molecule has 0 radical (unpaired) electrons. The van der Waals surface area contributed by atoms with Gasteiger partial charge in [-0.15, -0.1) is 0 Å². The summed E-state index contributed by atoms with van der Waals surface area (Å²) in [6, 6.07) is 0.0963. The van der Waals surface area contributed by atoms with E-state index in [1.165, 1.54) is 32.1 Å². The Morgan fingerprint density at radius 3 is 2.71 bits per heavy atom. The number of hydrogen-bond acceptors (Lipinski definition) is 4. The first-order chi connectivity index (χ1) is 10.1. The van der Waals surface area contributed by atoms with Crippen LogP contribution in [0, 0.1) is 17.4 Å². The van der Waals surface area contributed by atoms with Crippen LogP contribution in [0.25, 0.3) is 0 Å². The van der Waals surface area contributed by atoms with Gasteiger partial charge < -0.3 is 14.5 Å². The van der Waals surface area contributed by atoms with Crippen molar-refractivity contribution in [2.45, 2.75) is 64.0 Å². The molecule has 2 rings (SSSR count). The Kier molecular flexibility index (Phi) is 5.72. The summed E-state index contributed by atoms with van der Waals surface area (Å²) < 4.78 is 5.58. The van der Waals surface area contributed by atoms with Gasteiger partial charge in [0, 0.05) is 20.1 Å². The molecule has 0 bridgehead atoms. The zero-order chi connectivity index (χ0) is 15.2. The lowest BCUT2D eigenvalue weighted by Gasteiger charge is -2.28. The summed E-state index contributed by atoms with van der Waals surface area (Å²) >= 11 is 0. The fraction of sp³-hybridized carbons (Fsp3) is 0.875. The third kappa shape index (κ3) is 4.52. The van der Waals surface area contributed by atoms with E-state index in [2.05, 4.69) is 6.19 Å². The zero-order valence-corrected chi connectivity index (χ0v) is 13.3. The minimum Gasteiger partial charge on any atom is -0.446 e. The molecule has 118 valence electrons. The molecule has 0 aromatic rings. The molecule has 5 nitrogen and oxygen atoms in total. The predicted octanol–water partition coefficient (Wildman–Crippen LogP) is 2.97. The molecule has 1 heterocycles. The van der Waals surface area contributed by atoms with Crippen LogP contribution in [-0.2, 0) is 4.74 Å². The molecule has 2 aliphatic rings. The van der Waals surface area contributed by atoms with Crippen LogP contribution in [0.1, 0.15) is 51.9 Å². The highest BCUT2D eigenvalue weighted by Crippen LogP contribution is 2.28. The van der Waals surface area contributed by atoms with E-state index in [-0.39, 0.29) is 18.2 Å². The highest BCUT2D eigenvalue weighted by atomic mass is 16.6. The van der Waals surface area contributed by atoms with E-state index in [9.17, 15) is 4.79 Å². The smallest absolute Gasteiger partial charge is 0.410 e. The van der Waals surface area contributed by atoms with Gasteiger partial charge in [-0.3, -0.25) is 0 Å². The van der Waals surface area contributed by atoms with E-state index in [0.717, 1.165) is 19.4 Å². The van der Waals surface area contributed by atoms with E-state index in [4.69, 9.17) is 10.00 Å². The zero-order valence-electron chi connectivity index (χ0n) is 13.3. The van der Waals surface area contributed by atoms with E-state index >= 15 is 0 Å². The molecule has 0 unspecified atom stereocenters. The number of amides is 1. The molecule has 21 heavy (non-hydrogen) atoms. The Hall–Kier alpha value is -1.44. The molecule has 1 aliphatic carbocycles. The molecule has 1 saturated heterocycles. The number of likely N-dealkylation sites (N-methyl/N-ethyl adjacent to an activating group) is 1. The Morgan fingerprint density at radius 2 is 2.10 bits per heavy atom. The van der Waals surface area contributed by atoms with Gasteiger partial charge in [0.25, 0.3) is 0 Å². The van der Waals surface area contributed by atoms with Gasteiger partial charge in [-0.2, -0.15) is 5.26 Å². The number of nitrogens with zero attached hydrogens (tertiary/aromatic N) is 3. The van der Waals surface area contributed by atoms with Gasteiger partial charge in [0.15, 0.2) is 6.19 Å². The van der Waals surface area contributed by atoms with Crippen molar-refractivity contribution in [3.05, 3.63) is 0 Å². The topological polar surface area (TPSA) is 56.6 Å². The van der Waals surface area contributed by atoms with Crippen LogP contribution in [0.3, 0.4) is 0 Å². The van der Waals surface area contributed by atoms with Crippen molar-refractivity contribution >= 4 is 6.09 Å². The normalized spacial score (nSPS) is 24.4. The molecule has 0 spiro atoms. The van der Waals surface area contributed by atoms with Crippen molar-refractivity contribution < 1.29 is 9.53 Å². The van der Waals surface area contributed by atoms with Gasteiger partial charge in [0.05, 0.1) is 6.04 Å². The molecular weight excluding hydrogens is 266 g/mol. The molecule has 0 aromatic heterocycles. The minimum absolute atomic E-state index is 0.0171. The summed E-state index contributed by atoms with van der Waals surface area (Å²) in [5.41, 5.74) is 0. The first-order valence-electron chi connectivity index (χ1n) is 8.18. The number of ether oxygens (including phenoxy) is 1. The highest BCUT2D eigenvalue weighted by molar-refractivity contribution is 5.68. The molecule has 0 N–H and O–H groups in total. The number of carbonyl (C=O) groups is 1. The minimum atomic E-state index is -0.247. The number of nitriles is 1. The van der Waals surface area contributed by atoms with Gasteiger partial charge in [-0.05, 0) is 25.7 Å². The fourth-order valence-corrected chi connectivity index (χ4v) is 3.49. The summed E-state index contributed by atoms with van der Waals surface area (Å²) in [4.78, 5) is 15.5. The predicted molar refractivity (Wildman–Crippen MR) is 80.5 cm³/mol. The Labute approximate surface area is 127 Å². The SMILES string of the molecule is C[C@@H](CC1CCCCC1)OC(=O)N(C)[C@@H]1CCN(C#N)C1. The lowest BCUT2D eigenvalue weighted by atomic mass is 9.86. The summed E-state index contributed by atoms with van der Waals surface area (Å²) in [6.45, 7) is 3.35. The van der Waals surface area contributed by atoms with Crippen molar-refractivity contribution in [3.8, 4) is 6.19 Å². The highest BCUT2D eigenvalue weighted by Gasteiger charge is 2.29. The Balaban J connectivity index is 1.73. The monoisotopic (exact) mass is 293 g/mol. The molecule has 1 aliphatic heterocycles. The van der Waals surface area contributed by atoms with Crippen molar-refractivity contribution in [1.29, 1.82) is 5.26 Å². The third-order valence-corrected chi connectivity index (χ3v) is 4.83. The van der Waals surface area contributed by atoms with Crippen LogP contribution in [-0.4, -0.2) is 48.2 Å². The van der Waals surface area contributed by atoms with Crippen LogP contribution in [0.5, 0.6) is 0 Å². The molecule has 5 heteroatoms. The maximum atomic E-state index is 12.2. The molecule has 2 atom stereocenters. The first kappa shape index (κ1) is 15.9. The largest absolute Gasteiger partial charge is 0.446 e. The lowest BCUT2D eigenvalue weighted by Crippen LogP contribution is -2.40. The lowest BCUT2D eigenvalue weighted by molar-refractivity contribution is 0.0538. The van der Waals surface area contributed by atoms with Crippen molar-refractivity contribution in [3.63, 3.8) is 0 Å². The fourth-order valence-electron chi connectivity index (χ4n) is 3.49. The van der Waals surface area contributed by atoms with E-state index in [1.807, 2.05) is 6.92 Å². The van der Waals surface area contributed by atoms with E-state index in [0.29, 0.717) is 12.5 Å². The summed E-state index contributed by atoms with van der Waals surface area (Å²) in [7, 11) is 1.78. The van der Waals surface area contributed by atoms with Crippen LogP contribution < -0.4 is 0 Å². The first-order valence-corrected chi connectivity index (χ1v) is 8.18. The summed E-state index contributed by atoms with van der Waals surface area (Å²) in [5.74, 6) is 0.715. The van der Waals surface area contributed by atoms with Gasteiger partial charge in [0.2, 0.25) is 0 Å². The van der Waals surface area contributed by atoms with Crippen molar-refractivity contribution in [1.82, 2.24) is 9.80 Å². The number of hydrogen-bond donors (Lipinski definition) is 0.